The van der Waals surface area contributed by atoms with Crippen molar-refractivity contribution in [2.24, 2.45) is 0 Å². The van der Waals surface area contributed by atoms with Crippen molar-refractivity contribution in [1.82, 2.24) is 14.2 Å². The van der Waals surface area contributed by atoms with E-state index in [1.807, 2.05) is 19.0 Å². The van der Waals surface area contributed by atoms with Crippen molar-refractivity contribution in [1.29, 1.82) is 0 Å². The summed E-state index contributed by atoms with van der Waals surface area (Å²) in [4.78, 5) is 15.2. The Kier molecular flexibility index (Phi) is 4.44. The summed E-state index contributed by atoms with van der Waals surface area (Å²) in [6.45, 7) is 1.04. The molecule has 0 spiro atoms. The highest BCUT2D eigenvalue weighted by molar-refractivity contribution is 7.89. The van der Waals surface area contributed by atoms with Crippen molar-refractivity contribution >= 4 is 10.0 Å². The Morgan fingerprint density at radius 1 is 1.18 bits per heavy atom. The molecule has 0 amide bonds. The molecule has 0 bridgehead atoms. The second kappa shape index (κ2) is 5.44. The van der Waals surface area contributed by atoms with Gasteiger partial charge in [0.1, 0.15) is 0 Å². The molecule has 1 rings (SSSR count). The molecule has 1 heterocycles. The smallest absolute Gasteiger partial charge is 0.247 e. The van der Waals surface area contributed by atoms with Crippen molar-refractivity contribution in [2.45, 2.75) is 4.90 Å². The highest BCUT2D eigenvalue weighted by Crippen LogP contribution is 2.10. The Bertz CT molecular complexity index is 501. The van der Waals surface area contributed by atoms with Crippen molar-refractivity contribution in [3.05, 3.63) is 28.7 Å². The molecule has 17 heavy (non-hydrogen) atoms. The number of pyridine rings is 1. The van der Waals surface area contributed by atoms with Crippen LogP contribution in [0.1, 0.15) is 0 Å². The molecule has 0 unspecified atom stereocenters. The fourth-order valence-electron chi connectivity index (χ4n) is 1.20. The predicted octanol–water partition coefficient (Wildman–Crippen LogP) is -0.443. The molecule has 0 aliphatic rings. The van der Waals surface area contributed by atoms with E-state index in [0.717, 1.165) is 0 Å². The van der Waals surface area contributed by atoms with E-state index in [-0.39, 0.29) is 10.5 Å². The molecule has 7 heteroatoms. The molecule has 1 N–H and O–H groups in total. The second-order valence-electron chi connectivity index (χ2n) is 4.02. The molecule has 96 valence electrons. The molecule has 0 saturated heterocycles. The third kappa shape index (κ3) is 3.65. The Labute approximate surface area is 101 Å². The average molecular weight is 259 g/mol. The number of hydrogen-bond acceptors (Lipinski definition) is 4. The van der Waals surface area contributed by atoms with Crippen molar-refractivity contribution in [3.8, 4) is 0 Å². The van der Waals surface area contributed by atoms with Gasteiger partial charge < -0.3 is 9.88 Å². The average Bonchev–Trinajstić information content (AvgIpc) is 2.26. The van der Waals surface area contributed by atoms with E-state index in [9.17, 15) is 13.2 Å². The third-order valence-corrected chi connectivity index (χ3v) is 4.18. The van der Waals surface area contributed by atoms with Crippen LogP contribution in [-0.4, -0.2) is 56.8 Å². The molecule has 0 aromatic carbocycles. The van der Waals surface area contributed by atoms with Crippen LogP contribution in [0.4, 0.5) is 0 Å². The Hall–Kier alpha value is -1.18. The van der Waals surface area contributed by atoms with Gasteiger partial charge in [-0.05, 0) is 20.2 Å². The molecule has 1 aromatic heterocycles. The lowest BCUT2D eigenvalue weighted by Gasteiger charge is -2.19. The van der Waals surface area contributed by atoms with Gasteiger partial charge in [-0.25, -0.2) is 8.42 Å². The van der Waals surface area contributed by atoms with Crippen molar-refractivity contribution in [2.75, 3.05) is 34.2 Å². The largest absolute Gasteiger partial charge is 0.328 e. The zero-order valence-electron chi connectivity index (χ0n) is 10.2. The first kappa shape index (κ1) is 13.9. The number of rotatable bonds is 5. The molecule has 6 nitrogen and oxygen atoms in total. The van der Waals surface area contributed by atoms with Gasteiger partial charge in [-0.15, -0.1) is 0 Å². The minimum atomic E-state index is -3.51. The van der Waals surface area contributed by atoms with Gasteiger partial charge in [0.15, 0.2) is 0 Å². The zero-order valence-corrected chi connectivity index (χ0v) is 11.0. The van der Waals surface area contributed by atoms with Crippen LogP contribution in [0.25, 0.3) is 0 Å². The Balaban J connectivity index is 2.87. The van der Waals surface area contributed by atoms with Crippen LogP contribution in [0.5, 0.6) is 0 Å². The number of aromatic nitrogens is 1. The van der Waals surface area contributed by atoms with Gasteiger partial charge in [-0.3, -0.25) is 4.79 Å². The van der Waals surface area contributed by atoms with Crippen molar-refractivity contribution < 1.29 is 8.42 Å². The molecule has 0 saturated carbocycles. The highest BCUT2D eigenvalue weighted by Gasteiger charge is 2.20. The summed E-state index contributed by atoms with van der Waals surface area (Å²) in [7, 11) is 1.75. The number of hydrogen-bond donors (Lipinski definition) is 1. The van der Waals surface area contributed by atoms with Crippen LogP contribution < -0.4 is 5.56 Å². The lowest BCUT2D eigenvalue weighted by molar-refractivity contribution is 0.358. The van der Waals surface area contributed by atoms with E-state index >= 15 is 0 Å². The van der Waals surface area contributed by atoms with E-state index < -0.39 is 10.0 Å². The maximum atomic E-state index is 12.0. The van der Waals surface area contributed by atoms with Gasteiger partial charge in [0.05, 0.1) is 4.90 Å². The zero-order chi connectivity index (χ0) is 13.1. The van der Waals surface area contributed by atoms with Gasteiger partial charge in [-0.1, -0.05) is 0 Å². The molecule has 1 aromatic rings. The molecule has 0 radical (unpaired) electrons. The van der Waals surface area contributed by atoms with Gasteiger partial charge in [0, 0.05) is 32.4 Å². The van der Waals surface area contributed by atoms with Crippen LogP contribution in [0.2, 0.25) is 0 Å². The summed E-state index contributed by atoms with van der Waals surface area (Å²) >= 11 is 0. The summed E-state index contributed by atoms with van der Waals surface area (Å²) in [5, 5.41) is 0. The maximum Gasteiger partial charge on any atom is 0.247 e. The number of nitrogens with zero attached hydrogens (tertiary/aromatic N) is 2. The Morgan fingerprint density at radius 3 is 2.29 bits per heavy atom. The van der Waals surface area contributed by atoms with Gasteiger partial charge in [-0.2, -0.15) is 4.31 Å². The number of nitrogens with one attached hydrogen (secondary N) is 1. The maximum absolute atomic E-state index is 12.0. The molecule has 0 atom stereocenters. The first-order valence-corrected chi connectivity index (χ1v) is 6.58. The number of likely N-dealkylation sites (N-methyl/N-ethyl adjacent to an activating group) is 2. The number of sulfonamides is 1. The number of H-pyrrole nitrogens is 1. The third-order valence-electron chi connectivity index (χ3n) is 2.33. The van der Waals surface area contributed by atoms with E-state index in [1.165, 1.54) is 29.7 Å². The SMILES string of the molecule is CN(C)CCN(C)S(=O)(=O)c1ccc(=O)[nH]c1. The Morgan fingerprint density at radius 2 is 1.82 bits per heavy atom. The van der Waals surface area contributed by atoms with Crippen molar-refractivity contribution in [3.63, 3.8) is 0 Å². The predicted molar refractivity (Wildman–Crippen MR) is 65.4 cm³/mol. The summed E-state index contributed by atoms with van der Waals surface area (Å²) < 4.78 is 25.3. The van der Waals surface area contributed by atoms with E-state index in [4.69, 9.17) is 0 Å². The van der Waals surface area contributed by atoms with Gasteiger partial charge in [0.25, 0.3) is 0 Å². The van der Waals surface area contributed by atoms with Crippen LogP contribution in [0, 0.1) is 0 Å². The molecule has 0 aliphatic heterocycles. The summed E-state index contributed by atoms with van der Waals surface area (Å²) in [6, 6.07) is 2.51. The van der Waals surface area contributed by atoms with Crippen LogP contribution >= 0.6 is 0 Å². The standard InChI is InChI=1S/C10H17N3O3S/c1-12(2)6-7-13(3)17(15,16)9-4-5-10(14)11-8-9/h4-5,8H,6-7H2,1-3H3,(H,11,14). The quantitative estimate of drug-likeness (QED) is 0.778. The van der Waals surface area contributed by atoms with Gasteiger partial charge >= 0.3 is 0 Å². The fourth-order valence-corrected chi connectivity index (χ4v) is 2.33. The first-order valence-electron chi connectivity index (χ1n) is 5.14. The summed E-state index contributed by atoms with van der Waals surface area (Å²) in [6.07, 6.45) is 1.21. The van der Waals surface area contributed by atoms with E-state index in [1.54, 1.807) is 0 Å². The van der Waals surface area contributed by atoms with Crippen LogP contribution in [0.3, 0.4) is 0 Å². The molecule has 0 fully saturated rings. The fraction of sp³-hybridized carbons (Fsp3) is 0.500. The molecular weight excluding hydrogens is 242 g/mol. The first-order chi connectivity index (χ1) is 7.84. The highest BCUT2D eigenvalue weighted by atomic mass is 32.2. The lowest BCUT2D eigenvalue weighted by atomic mass is 10.5. The lowest BCUT2D eigenvalue weighted by Crippen LogP contribution is -2.33. The minimum Gasteiger partial charge on any atom is -0.328 e. The molecular formula is C10H17N3O3S. The van der Waals surface area contributed by atoms with E-state index in [2.05, 4.69) is 4.98 Å². The van der Waals surface area contributed by atoms with Crippen LogP contribution in [0.15, 0.2) is 28.0 Å². The minimum absolute atomic E-state index is 0.0957. The van der Waals surface area contributed by atoms with Gasteiger partial charge in [0.2, 0.25) is 15.6 Å². The normalized spacial score (nSPS) is 12.3. The summed E-state index contributed by atoms with van der Waals surface area (Å²) in [5.41, 5.74) is -0.320. The molecule has 0 aliphatic carbocycles. The number of aromatic amines is 1. The monoisotopic (exact) mass is 259 g/mol. The topological polar surface area (TPSA) is 73.5 Å². The summed E-state index contributed by atoms with van der Waals surface area (Å²) in [5.74, 6) is 0. The van der Waals surface area contributed by atoms with Crippen LogP contribution in [-0.2, 0) is 10.0 Å². The second-order valence-corrected chi connectivity index (χ2v) is 6.06. The van der Waals surface area contributed by atoms with E-state index in [0.29, 0.717) is 13.1 Å².